The first-order chi connectivity index (χ1) is 48.1. The monoisotopic (exact) mass is 1360 g/mol. The molecule has 4 aliphatic rings. The number of ether oxygens (including phenoxy) is 8. The Balaban J connectivity index is 0.000000181. The number of carbonyl (C=O) groups excluding carboxylic acids is 1. The number of nitrogens with two attached hydrogens (primary N) is 2. The zero-order valence-electron chi connectivity index (χ0n) is 57.7. The summed E-state index contributed by atoms with van der Waals surface area (Å²) in [6, 6.07) is 50.9. The van der Waals surface area contributed by atoms with Crippen LogP contribution in [0, 0.1) is 23.3 Å². The van der Waals surface area contributed by atoms with Gasteiger partial charge in [-0.3, -0.25) is 16.5 Å². The minimum atomic E-state index is -0.550. The number of carbonyl (C=O) groups is 1. The third kappa shape index (κ3) is 20.7. The van der Waals surface area contributed by atoms with Crippen LogP contribution in [0.1, 0.15) is 110 Å². The molecule has 16 nitrogen and oxygen atoms in total. The molecule has 0 unspecified atom stereocenters. The third-order valence-corrected chi connectivity index (χ3v) is 16.5. The number of hydrogen-bond acceptors (Lipinski definition) is 16. The van der Waals surface area contributed by atoms with E-state index in [1.54, 1.807) is 55.5 Å². The third-order valence-electron chi connectivity index (χ3n) is 16.5. The van der Waals surface area contributed by atoms with Gasteiger partial charge in [0.2, 0.25) is 0 Å². The molecule has 99 heavy (non-hydrogen) atoms. The maximum absolute atomic E-state index is 14.3. The second-order valence-corrected chi connectivity index (χ2v) is 23.9. The SMILES string of the molecule is C=Cc1cccc(F)c1O[C@H]1c2ccccc2CO[C@H]1CN(C)C.C=Cc1cccc(F)c1O[C@H]1c2ccccc2CO[C@H]1CNC.CCO.CCc1cccc(F)c1O[C@H]1c2ccccc2CO[C@H]1CNC.CN(C)C[C@@H]1OCc2ccccc2[C@@H]1Oc1c(F)cccc1C=O.NN. The molecule has 0 saturated heterocycles. The van der Waals surface area contributed by atoms with Crippen LogP contribution in [0.25, 0.3) is 12.2 Å². The number of nitrogens with one attached hydrogen (secondary N) is 2. The molecule has 8 aromatic carbocycles. The summed E-state index contributed by atoms with van der Waals surface area (Å²) in [6.45, 7) is 16.1. The number of aliphatic hydroxyl groups is 1. The number of hydrogen-bond donors (Lipinski definition) is 5. The fraction of sp³-hybridized carbons (Fsp3) is 0.329. The Kier molecular flexibility index (Phi) is 31.3. The molecule has 8 aromatic rings. The maximum atomic E-state index is 14.3. The highest BCUT2D eigenvalue weighted by Crippen LogP contribution is 2.41. The van der Waals surface area contributed by atoms with Crippen molar-refractivity contribution in [1.29, 1.82) is 0 Å². The Hall–Kier alpha value is -8.61. The molecule has 0 aromatic heterocycles. The lowest BCUT2D eigenvalue weighted by molar-refractivity contribution is -0.0627. The van der Waals surface area contributed by atoms with Crippen molar-refractivity contribution in [2.75, 3.05) is 75.1 Å². The van der Waals surface area contributed by atoms with Crippen molar-refractivity contribution < 1.29 is 65.4 Å². The average Bonchev–Trinajstić information content (AvgIpc) is 0.821. The zero-order chi connectivity index (χ0) is 71.4. The Morgan fingerprint density at radius 1 is 0.455 bits per heavy atom. The van der Waals surface area contributed by atoms with Crippen molar-refractivity contribution in [3.63, 3.8) is 0 Å². The number of benzene rings is 8. The van der Waals surface area contributed by atoms with Crippen LogP contribution in [0.5, 0.6) is 23.0 Å². The largest absolute Gasteiger partial charge is 0.480 e. The highest BCUT2D eigenvalue weighted by Gasteiger charge is 2.37. The summed E-state index contributed by atoms with van der Waals surface area (Å²) in [7, 11) is 11.6. The minimum absolute atomic E-state index is 0.0263. The number of nitrogens with zero attached hydrogens (tertiary/aromatic N) is 2. The van der Waals surface area contributed by atoms with E-state index in [-0.39, 0.29) is 83.8 Å². The van der Waals surface area contributed by atoms with Crippen LogP contribution in [0.4, 0.5) is 17.6 Å². The number of aliphatic hydroxyl groups excluding tert-OH is 1. The number of para-hydroxylation sites is 4. The van der Waals surface area contributed by atoms with E-state index in [0.717, 1.165) is 56.5 Å². The smallest absolute Gasteiger partial charge is 0.166 e. The maximum Gasteiger partial charge on any atom is 0.166 e. The Morgan fingerprint density at radius 2 is 0.737 bits per heavy atom. The van der Waals surface area contributed by atoms with Gasteiger partial charge in [-0.2, -0.15) is 0 Å². The van der Waals surface area contributed by atoms with Gasteiger partial charge < -0.3 is 63.4 Å². The quantitative estimate of drug-likeness (QED) is 0.0209. The van der Waals surface area contributed by atoms with E-state index >= 15 is 0 Å². The number of hydrazine groups is 1. The Labute approximate surface area is 580 Å². The van der Waals surface area contributed by atoms with Gasteiger partial charge in [0.1, 0.15) is 24.4 Å². The molecular formula is C79H94F4N6O10. The lowest BCUT2D eigenvalue weighted by atomic mass is 9.95. The van der Waals surface area contributed by atoms with Crippen molar-refractivity contribution in [2.24, 2.45) is 11.7 Å². The van der Waals surface area contributed by atoms with E-state index in [9.17, 15) is 22.4 Å². The van der Waals surface area contributed by atoms with Crippen molar-refractivity contribution >= 4 is 18.4 Å². The van der Waals surface area contributed by atoms with Crippen molar-refractivity contribution in [3.8, 4) is 23.0 Å². The standard InChI is InChI=1S/C20H22FNO2.C19H20FNO3.C19H22FNO2.C19H20FNO2.C2H6O.H4N2/c1-4-14-9-7-11-17(21)19(14)24-20-16-10-6-5-8-15(16)13-23-18(20)12-22(2)3;1-21(2)10-17-19(15-8-4-3-6-14(15)12-23-17)24-18-13(11-22)7-5-9-16(18)20;2*1-3-13-8-6-10-16(20)18(13)23-19-15-9-5-4-7-14(15)12-22-17(19)11-21-2;1-2-3;1-2/h4-11,18,20H,1,12-13H2,2-3H3;3-9,11,17,19H,10,12H2,1-2H3;4-10,17,19,21H,3,11-12H2,1-2H3;3-10,17,19,21H,1,11-12H2,2H3;3H,2H2,1H3;1-2H2/t18-,20-;3*17-,19-;;/m0000../s1. The second-order valence-electron chi connectivity index (χ2n) is 23.9. The second kappa shape index (κ2) is 39.8. The van der Waals surface area contributed by atoms with Gasteiger partial charge in [0, 0.05) is 66.2 Å². The summed E-state index contributed by atoms with van der Waals surface area (Å²) in [5.74, 6) is 7.09. The van der Waals surface area contributed by atoms with E-state index in [1.165, 1.54) is 30.3 Å². The van der Waals surface area contributed by atoms with E-state index in [0.29, 0.717) is 75.8 Å². The molecule has 4 heterocycles. The lowest BCUT2D eigenvalue weighted by Crippen LogP contribution is -2.39. The number of aryl methyl sites for hydroxylation is 1. The van der Waals surface area contributed by atoms with Gasteiger partial charge in [-0.05, 0) is 114 Å². The van der Waals surface area contributed by atoms with Gasteiger partial charge in [0.15, 0.2) is 77.0 Å². The summed E-state index contributed by atoms with van der Waals surface area (Å²) >= 11 is 0. The normalized spacial score (nSPS) is 19.2. The van der Waals surface area contributed by atoms with Gasteiger partial charge in [-0.15, -0.1) is 0 Å². The van der Waals surface area contributed by atoms with Crippen molar-refractivity contribution in [2.45, 2.75) is 95.5 Å². The molecule has 12 rings (SSSR count). The van der Waals surface area contributed by atoms with E-state index in [2.05, 4.69) is 35.5 Å². The van der Waals surface area contributed by atoms with Crippen LogP contribution in [0.2, 0.25) is 0 Å². The summed E-state index contributed by atoms with van der Waals surface area (Å²) in [4.78, 5) is 15.3. The van der Waals surface area contributed by atoms with Gasteiger partial charge in [0.25, 0.3) is 0 Å². The van der Waals surface area contributed by atoms with Crippen LogP contribution in [-0.4, -0.2) is 121 Å². The van der Waals surface area contributed by atoms with E-state index in [1.807, 2.05) is 162 Å². The highest BCUT2D eigenvalue weighted by atomic mass is 19.1. The van der Waals surface area contributed by atoms with E-state index in [4.69, 9.17) is 43.0 Å². The average molecular weight is 1360 g/mol. The summed E-state index contributed by atoms with van der Waals surface area (Å²) in [5, 5.41) is 13.8. The first kappa shape index (κ1) is 77.7. The molecule has 0 radical (unpaired) electrons. The molecule has 7 N–H and O–H groups in total. The first-order valence-corrected chi connectivity index (χ1v) is 32.9. The number of rotatable bonds is 20. The van der Waals surface area contributed by atoms with Gasteiger partial charge in [-0.1, -0.05) is 172 Å². The van der Waals surface area contributed by atoms with Crippen LogP contribution >= 0.6 is 0 Å². The molecule has 0 amide bonds. The van der Waals surface area contributed by atoms with Crippen molar-refractivity contribution in [1.82, 2.24) is 20.4 Å². The van der Waals surface area contributed by atoms with Crippen LogP contribution in [0.15, 0.2) is 183 Å². The van der Waals surface area contributed by atoms with E-state index < -0.39 is 17.7 Å². The highest BCUT2D eigenvalue weighted by molar-refractivity contribution is 5.79. The van der Waals surface area contributed by atoms with Crippen LogP contribution in [0.3, 0.4) is 0 Å². The number of aldehydes is 1. The Bertz CT molecular complexity index is 3720. The molecule has 4 aliphatic heterocycles. The molecular weight excluding hydrogens is 1270 g/mol. The van der Waals surface area contributed by atoms with Crippen molar-refractivity contribution in [3.05, 3.63) is 273 Å². The fourth-order valence-electron chi connectivity index (χ4n) is 11.9. The zero-order valence-corrected chi connectivity index (χ0v) is 57.7. The predicted molar refractivity (Wildman–Crippen MR) is 380 cm³/mol. The van der Waals surface area contributed by atoms with Crippen LogP contribution in [-0.2, 0) is 51.8 Å². The topological polar surface area (TPSA) is 194 Å². The predicted octanol–water partition coefficient (Wildman–Crippen LogP) is 13.4. The molecule has 0 spiro atoms. The van der Waals surface area contributed by atoms with Gasteiger partial charge in [0.05, 0.1) is 32.0 Å². The molecule has 0 saturated carbocycles. The number of fused-ring (bicyclic) bond motifs is 4. The first-order valence-electron chi connectivity index (χ1n) is 32.9. The fourth-order valence-corrected chi connectivity index (χ4v) is 11.9. The molecule has 528 valence electrons. The van der Waals surface area contributed by atoms with Crippen LogP contribution < -0.4 is 41.3 Å². The number of likely N-dealkylation sites (N-methyl/N-ethyl adjacent to an activating group) is 4. The molecule has 0 fully saturated rings. The Morgan fingerprint density at radius 3 is 1.05 bits per heavy atom. The molecule has 20 heteroatoms. The molecule has 8 atom stereocenters. The molecule has 0 aliphatic carbocycles. The van der Waals surface area contributed by atoms with Gasteiger partial charge in [-0.25, -0.2) is 17.6 Å². The summed E-state index contributed by atoms with van der Waals surface area (Å²) < 4.78 is 105. The molecule has 0 bridgehead atoms. The minimum Gasteiger partial charge on any atom is -0.480 e. The summed E-state index contributed by atoms with van der Waals surface area (Å²) in [6.07, 6.45) is 2.22. The number of halogens is 4. The summed E-state index contributed by atoms with van der Waals surface area (Å²) in [5.41, 5.74) is 10.7. The van der Waals surface area contributed by atoms with Gasteiger partial charge >= 0.3 is 0 Å². The lowest BCUT2D eigenvalue weighted by Gasteiger charge is -2.35.